The molecule has 182 valence electrons. The molecule has 0 spiro atoms. The van der Waals surface area contributed by atoms with Crippen LogP contribution in [0.25, 0.3) is 0 Å². The Morgan fingerprint density at radius 1 is 0.857 bits per heavy atom. The molecule has 9 heteroatoms. The van der Waals surface area contributed by atoms with Crippen LogP contribution in [0.5, 0.6) is 0 Å². The SMILES string of the molecule is CCOC(=O)C(=O)N(Cc1ccccc1)Cn1cccn1.c1ccc(CNCn2cccn2)cc1. The zero-order valence-corrected chi connectivity index (χ0v) is 19.7. The number of nitrogens with zero attached hydrogens (tertiary/aromatic N) is 5. The number of nitrogens with one attached hydrogen (secondary N) is 1. The largest absolute Gasteiger partial charge is 0.459 e. The summed E-state index contributed by atoms with van der Waals surface area (Å²) >= 11 is 0. The topological polar surface area (TPSA) is 94.3 Å². The van der Waals surface area contributed by atoms with Crippen molar-refractivity contribution in [1.82, 2.24) is 29.8 Å². The highest BCUT2D eigenvalue weighted by Crippen LogP contribution is 2.07. The van der Waals surface area contributed by atoms with Crippen LogP contribution in [0.2, 0.25) is 0 Å². The number of carbonyl (C=O) groups is 2. The monoisotopic (exact) mass is 474 g/mol. The number of hydrogen-bond donors (Lipinski definition) is 1. The molecule has 0 aliphatic carbocycles. The van der Waals surface area contributed by atoms with Crippen LogP contribution in [-0.4, -0.2) is 42.9 Å². The summed E-state index contributed by atoms with van der Waals surface area (Å²) in [6.07, 6.45) is 7.08. The first-order valence-corrected chi connectivity index (χ1v) is 11.3. The molecular weight excluding hydrogens is 444 g/mol. The fraction of sp³-hybridized carbons (Fsp3) is 0.231. The Bertz CT molecular complexity index is 1120. The minimum atomic E-state index is -0.847. The van der Waals surface area contributed by atoms with Gasteiger partial charge in [0.25, 0.3) is 0 Å². The van der Waals surface area contributed by atoms with Crippen LogP contribution in [-0.2, 0) is 40.8 Å². The molecular formula is C26H30N6O3. The Kier molecular flexibility index (Phi) is 10.2. The number of carbonyl (C=O) groups excluding carboxylic acids is 2. The van der Waals surface area contributed by atoms with Crippen LogP contribution in [0.15, 0.2) is 97.6 Å². The Morgan fingerprint density at radius 2 is 1.46 bits per heavy atom. The summed E-state index contributed by atoms with van der Waals surface area (Å²) in [6.45, 7) is 3.98. The number of esters is 1. The summed E-state index contributed by atoms with van der Waals surface area (Å²) in [5.41, 5.74) is 2.22. The molecule has 4 aromatic rings. The van der Waals surface area contributed by atoms with Gasteiger partial charge in [-0.05, 0) is 30.2 Å². The molecule has 0 bridgehead atoms. The normalized spacial score (nSPS) is 10.2. The van der Waals surface area contributed by atoms with E-state index in [9.17, 15) is 9.59 Å². The molecule has 2 aromatic carbocycles. The molecule has 2 aromatic heterocycles. The highest BCUT2D eigenvalue weighted by Gasteiger charge is 2.23. The van der Waals surface area contributed by atoms with Crippen molar-refractivity contribution in [3.05, 3.63) is 109 Å². The van der Waals surface area contributed by atoms with Crippen molar-refractivity contribution in [2.75, 3.05) is 6.61 Å². The van der Waals surface area contributed by atoms with E-state index in [0.717, 1.165) is 18.8 Å². The van der Waals surface area contributed by atoms with Crippen molar-refractivity contribution < 1.29 is 14.3 Å². The second-order valence-corrected chi connectivity index (χ2v) is 7.51. The van der Waals surface area contributed by atoms with Crippen LogP contribution in [0, 0.1) is 0 Å². The molecule has 35 heavy (non-hydrogen) atoms. The van der Waals surface area contributed by atoms with Gasteiger partial charge in [-0.25, -0.2) is 4.79 Å². The van der Waals surface area contributed by atoms with Gasteiger partial charge in [0.05, 0.1) is 13.3 Å². The first-order chi connectivity index (χ1) is 17.2. The zero-order valence-electron chi connectivity index (χ0n) is 19.7. The predicted octanol–water partition coefficient (Wildman–Crippen LogP) is 3.06. The lowest BCUT2D eigenvalue weighted by Crippen LogP contribution is -2.38. The summed E-state index contributed by atoms with van der Waals surface area (Å²) in [5.74, 6) is -1.52. The quantitative estimate of drug-likeness (QED) is 0.296. The summed E-state index contributed by atoms with van der Waals surface area (Å²) in [5, 5.41) is 11.5. The predicted molar refractivity (Wildman–Crippen MR) is 131 cm³/mol. The lowest BCUT2D eigenvalue weighted by atomic mass is 10.2. The van der Waals surface area contributed by atoms with Gasteiger partial charge >= 0.3 is 11.9 Å². The summed E-state index contributed by atoms with van der Waals surface area (Å²) in [4.78, 5) is 25.2. The summed E-state index contributed by atoms with van der Waals surface area (Å²) in [7, 11) is 0. The van der Waals surface area contributed by atoms with Gasteiger partial charge < -0.3 is 9.64 Å². The first kappa shape index (κ1) is 25.4. The van der Waals surface area contributed by atoms with Crippen LogP contribution in [0.3, 0.4) is 0 Å². The smallest absolute Gasteiger partial charge is 0.397 e. The van der Waals surface area contributed by atoms with Crippen molar-refractivity contribution in [2.24, 2.45) is 0 Å². The maximum atomic E-state index is 12.2. The standard InChI is InChI=1S/C15H17N3O3.C11H13N3/c1-2-21-15(20)14(19)17(12-18-10-6-9-16-18)11-13-7-4-3-5-8-13;1-2-5-11(6-3-1)9-12-10-14-8-4-7-13-14/h3-10H,2,11-12H2,1H3;1-8,12H,9-10H2. The number of hydrogen-bond acceptors (Lipinski definition) is 6. The molecule has 4 rings (SSSR count). The number of rotatable bonds is 9. The first-order valence-electron chi connectivity index (χ1n) is 11.3. The van der Waals surface area contributed by atoms with E-state index in [-0.39, 0.29) is 13.3 Å². The van der Waals surface area contributed by atoms with E-state index >= 15 is 0 Å². The highest BCUT2D eigenvalue weighted by molar-refractivity contribution is 6.32. The number of benzene rings is 2. The van der Waals surface area contributed by atoms with Crippen LogP contribution in [0.1, 0.15) is 18.1 Å². The van der Waals surface area contributed by atoms with Crippen LogP contribution >= 0.6 is 0 Å². The average Bonchev–Trinajstić information content (AvgIpc) is 3.60. The third-order valence-corrected chi connectivity index (χ3v) is 4.83. The molecule has 1 N–H and O–H groups in total. The molecule has 2 heterocycles. The van der Waals surface area contributed by atoms with E-state index in [2.05, 4.69) is 27.6 Å². The summed E-state index contributed by atoms with van der Waals surface area (Å²) < 4.78 is 8.23. The van der Waals surface area contributed by atoms with Crippen LogP contribution in [0.4, 0.5) is 0 Å². The molecule has 0 saturated heterocycles. The van der Waals surface area contributed by atoms with Gasteiger partial charge in [-0.2, -0.15) is 10.2 Å². The fourth-order valence-electron chi connectivity index (χ4n) is 3.18. The average molecular weight is 475 g/mol. The number of aromatic nitrogens is 4. The molecule has 0 unspecified atom stereocenters. The molecule has 1 amide bonds. The Hall–Kier alpha value is -4.24. The van der Waals surface area contributed by atoms with E-state index in [1.165, 1.54) is 10.5 Å². The number of amides is 1. The summed E-state index contributed by atoms with van der Waals surface area (Å²) in [6, 6.07) is 23.5. The van der Waals surface area contributed by atoms with Gasteiger partial charge in [0.2, 0.25) is 0 Å². The van der Waals surface area contributed by atoms with E-state index in [1.807, 2.05) is 65.5 Å². The third kappa shape index (κ3) is 8.90. The number of ether oxygens (including phenoxy) is 1. The third-order valence-electron chi connectivity index (χ3n) is 4.83. The fourth-order valence-corrected chi connectivity index (χ4v) is 3.18. The molecule has 9 nitrogen and oxygen atoms in total. The van der Waals surface area contributed by atoms with Crippen molar-refractivity contribution in [1.29, 1.82) is 0 Å². The maximum absolute atomic E-state index is 12.2. The van der Waals surface area contributed by atoms with E-state index in [1.54, 1.807) is 36.3 Å². The molecule has 0 saturated carbocycles. The van der Waals surface area contributed by atoms with Crippen molar-refractivity contribution in [2.45, 2.75) is 33.4 Å². The zero-order chi connectivity index (χ0) is 24.7. The van der Waals surface area contributed by atoms with E-state index in [4.69, 9.17) is 4.74 Å². The van der Waals surface area contributed by atoms with Crippen LogP contribution < -0.4 is 5.32 Å². The van der Waals surface area contributed by atoms with Gasteiger partial charge in [0.15, 0.2) is 0 Å². The Labute approximate surface area is 204 Å². The second-order valence-electron chi connectivity index (χ2n) is 7.51. The molecule has 0 aliphatic rings. The lowest BCUT2D eigenvalue weighted by molar-refractivity contribution is -0.161. The molecule has 0 atom stereocenters. The van der Waals surface area contributed by atoms with E-state index < -0.39 is 11.9 Å². The van der Waals surface area contributed by atoms with Gasteiger partial charge in [-0.3, -0.25) is 19.5 Å². The molecule has 0 radical (unpaired) electrons. The van der Waals surface area contributed by atoms with E-state index in [0.29, 0.717) is 6.54 Å². The minimum Gasteiger partial charge on any atom is -0.459 e. The Morgan fingerprint density at radius 3 is 2.03 bits per heavy atom. The molecule has 0 aliphatic heterocycles. The van der Waals surface area contributed by atoms with Crippen molar-refractivity contribution in [3.63, 3.8) is 0 Å². The van der Waals surface area contributed by atoms with Crippen molar-refractivity contribution in [3.8, 4) is 0 Å². The highest BCUT2D eigenvalue weighted by atomic mass is 16.5. The molecule has 0 fully saturated rings. The van der Waals surface area contributed by atoms with Gasteiger partial charge in [0.1, 0.15) is 6.67 Å². The lowest BCUT2D eigenvalue weighted by Gasteiger charge is -2.21. The Balaban J connectivity index is 0.000000211. The van der Waals surface area contributed by atoms with Gasteiger partial charge in [-0.1, -0.05) is 60.7 Å². The minimum absolute atomic E-state index is 0.172. The second kappa shape index (κ2) is 14.1. The van der Waals surface area contributed by atoms with Gasteiger partial charge in [0, 0.05) is 37.9 Å². The van der Waals surface area contributed by atoms with Crippen molar-refractivity contribution >= 4 is 11.9 Å². The maximum Gasteiger partial charge on any atom is 0.397 e. The van der Waals surface area contributed by atoms with Gasteiger partial charge in [-0.15, -0.1) is 0 Å².